The number of carbonyl (C=O) groups excluding carboxylic acids is 1. The van der Waals surface area contributed by atoms with Gasteiger partial charge in [0.1, 0.15) is 5.75 Å². The molecule has 0 saturated carbocycles. The van der Waals surface area contributed by atoms with Gasteiger partial charge in [-0.2, -0.15) is 0 Å². The fourth-order valence-corrected chi connectivity index (χ4v) is 1.76. The number of amides is 1. The van der Waals surface area contributed by atoms with Gasteiger partial charge in [-0.3, -0.25) is 4.79 Å². The smallest absolute Gasteiger partial charge is 0.257 e. The first kappa shape index (κ1) is 16.5. The summed E-state index contributed by atoms with van der Waals surface area (Å²) in [5.74, 6) is 1.32. The molecule has 20 heavy (non-hydrogen) atoms. The molecule has 0 aromatic heterocycles. The van der Waals surface area contributed by atoms with Crippen LogP contribution >= 0.6 is 0 Å². The Kier molecular flexibility index (Phi) is 7.09. The monoisotopic (exact) mass is 279 g/mol. The minimum atomic E-state index is -0.136. The highest BCUT2D eigenvalue weighted by molar-refractivity contribution is 5.77. The number of aliphatic hydroxyl groups excluding tert-OH is 1. The topological polar surface area (TPSA) is 58.6 Å². The Morgan fingerprint density at radius 1 is 1.25 bits per heavy atom. The van der Waals surface area contributed by atoms with Gasteiger partial charge in [-0.15, -0.1) is 0 Å². The van der Waals surface area contributed by atoms with Crippen molar-refractivity contribution >= 4 is 5.91 Å². The second kappa shape index (κ2) is 8.59. The second-order valence-corrected chi connectivity index (χ2v) is 5.43. The molecule has 4 heteroatoms. The summed E-state index contributed by atoms with van der Waals surface area (Å²) in [7, 11) is 0. The fraction of sp³-hybridized carbons (Fsp3) is 0.562. The molecule has 2 N–H and O–H groups in total. The maximum Gasteiger partial charge on any atom is 0.257 e. The Balaban J connectivity index is 2.30. The number of nitrogens with one attached hydrogen (secondary N) is 1. The van der Waals surface area contributed by atoms with E-state index < -0.39 is 0 Å². The van der Waals surface area contributed by atoms with Gasteiger partial charge in [-0.1, -0.05) is 32.9 Å². The van der Waals surface area contributed by atoms with Crippen molar-refractivity contribution < 1.29 is 14.6 Å². The summed E-state index contributed by atoms with van der Waals surface area (Å²) in [6.07, 6.45) is 0.692. The van der Waals surface area contributed by atoms with E-state index in [0.717, 1.165) is 0 Å². The summed E-state index contributed by atoms with van der Waals surface area (Å²) in [5, 5.41) is 11.6. The largest absolute Gasteiger partial charge is 0.484 e. The number of benzene rings is 1. The van der Waals surface area contributed by atoms with Gasteiger partial charge in [0.15, 0.2) is 6.61 Å². The van der Waals surface area contributed by atoms with Crippen molar-refractivity contribution in [3.8, 4) is 5.75 Å². The van der Waals surface area contributed by atoms with E-state index in [1.807, 2.05) is 31.2 Å². The zero-order valence-electron chi connectivity index (χ0n) is 12.6. The average molecular weight is 279 g/mol. The third-order valence-electron chi connectivity index (χ3n) is 3.19. The Morgan fingerprint density at radius 3 is 2.45 bits per heavy atom. The molecule has 1 rings (SSSR count). The highest BCUT2D eigenvalue weighted by atomic mass is 16.5. The third-order valence-corrected chi connectivity index (χ3v) is 3.19. The van der Waals surface area contributed by atoms with Gasteiger partial charge in [-0.25, -0.2) is 0 Å². The standard InChI is InChI=1S/C16H25NO3/c1-12(2)14-4-6-15(7-5-14)20-11-16(19)17-10-13(3)8-9-18/h4-7,12-13,18H,8-11H2,1-3H3,(H,17,19). The summed E-state index contributed by atoms with van der Waals surface area (Å²) in [4.78, 5) is 11.6. The molecule has 1 aromatic carbocycles. The van der Waals surface area contributed by atoms with Crippen LogP contribution in [-0.2, 0) is 4.79 Å². The molecule has 1 atom stereocenters. The van der Waals surface area contributed by atoms with Crippen molar-refractivity contribution in [1.82, 2.24) is 5.32 Å². The molecule has 1 unspecified atom stereocenters. The first-order chi connectivity index (χ1) is 9.52. The number of hydrogen-bond donors (Lipinski definition) is 2. The second-order valence-electron chi connectivity index (χ2n) is 5.43. The third kappa shape index (κ3) is 6.06. The van der Waals surface area contributed by atoms with Gasteiger partial charge >= 0.3 is 0 Å². The van der Waals surface area contributed by atoms with Gasteiger partial charge in [0.05, 0.1) is 0 Å². The lowest BCUT2D eigenvalue weighted by Gasteiger charge is -2.12. The van der Waals surface area contributed by atoms with E-state index in [9.17, 15) is 4.79 Å². The van der Waals surface area contributed by atoms with Crippen LogP contribution in [0.25, 0.3) is 0 Å². The van der Waals surface area contributed by atoms with Crippen LogP contribution in [0.5, 0.6) is 5.75 Å². The number of ether oxygens (including phenoxy) is 1. The van der Waals surface area contributed by atoms with E-state index in [0.29, 0.717) is 24.6 Å². The summed E-state index contributed by atoms with van der Waals surface area (Å²) >= 11 is 0. The van der Waals surface area contributed by atoms with Gasteiger partial charge in [0.25, 0.3) is 5.91 Å². The highest BCUT2D eigenvalue weighted by Gasteiger charge is 2.06. The molecule has 0 bridgehead atoms. The molecule has 1 amide bonds. The number of carbonyl (C=O) groups is 1. The highest BCUT2D eigenvalue weighted by Crippen LogP contribution is 2.18. The van der Waals surface area contributed by atoms with Crippen molar-refractivity contribution in [1.29, 1.82) is 0 Å². The van der Waals surface area contributed by atoms with Crippen LogP contribution in [0.1, 0.15) is 38.7 Å². The lowest BCUT2D eigenvalue weighted by atomic mass is 10.0. The molecule has 1 aromatic rings. The molecule has 0 aliphatic carbocycles. The Hall–Kier alpha value is -1.55. The summed E-state index contributed by atoms with van der Waals surface area (Å²) < 4.78 is 5.43. The number of aliphatic hydroxyl groups is 1. The maximum absolute atomic E-state index is 11.6. The van der Waals surface area contributed by atoms with Crippen LogP contribution in [0, 0.1) is 5.92 Å². The number of rotatable bonds is 8. The lowest BCUT2D eigenvalue weighted by Crippen LogP contribution is -2.32. The first-order valence-corrected chi connectivity index (χ1v) is 7.13. The normalized spacial score (nSPS) is 12.2. The fourth-order valence-electron chi connectivity index (χ4n) is 1.76. The molecule has 4 nitrogen and oxygen atoms in total. The molecule has 0 saturated heterocycles. The van der Waals surface area contributed by atoms with Crippen molar-refractivity contribution in [3.63, 3.8) is 0 Å². The lowest BCUT2D eigenvalue weighted by molar-refractivity contribution is -0.123. The van der Waals surface area contributed by atoms with Crippen molar-refractivity contribution in [2.24, 2.45) is 5.92 Å². The minimum Gasteiger partial charge on any atom is -0.484 e. The van der Waals surface area contributed by atoms with E-state index in [4.69, 9.17) is 9.84 Å². The molecule has 0 fully saturated rings. The quantitative estimate of drug-likeness (QED) is 0.768. The van der Waals surface area contributed by atoms with Crippen molar-refractivity contribution in [2.45, 2.75) is 33.1 Å². The number of hydrogen-bond acceptors (Lipinski definition) is 3. The Labute approximate surface area is 121 Å². The summed E-state index contributed by atoms with van der Waals surface area (Å²) in [6.45, 7) is 6.99. The SMILES string of the molecule is CC(CCO)CNC(=O)COc1ccc(C(C)C)cc1. The van der Waals surface area contributed by atoms with Gasteiger partial charge < -0.3 is 15.2 Å². The maximum atomic E-state index is 11.6. The first-order valence-electron chi connectivity index (χ1n) is 7.13. The van der Waals surface area contributed by atoms with Crippen molar-refractivity contribution in [3.05, 3.63) is 29.8 Å². The van der Waals surface area contributed by atoms with E-state index in [1.54, 1.807) is 0 Å². The van der Waals surface area contributed by atoms with Crippen LogP contribution in [0.3, 0.4) is 0 Å². The van der Waals surface area contributed by atoms with Gasteiger partial charge in [0.2, 0.25) is 0 Å². The van der Waals surface area contributed by atoms with Gasteiger partial charge in [-0.05, 0) is 36.0 Å². The molecule has 0 radical (unpaired) electrons. The van der Waals surface area contributed by atoms with Crippen LogP contribution in [-0.4, -0.2) is 30.8 Å². The predicted molar refractivity (Wildman–Crippen MR) is 79.9 cm³/mol. The van der Waals surface area contributed by atoms with Gasteiger partial charge in [0, 0.05) is 13.2 Å². The minimum absolute atomic E-state index is 0.0207. The molecule has 0 spiro atoms. The zero-order chi connectivity index (χ0) is 15.0. The Morgan fingerprint density at radius 2 is 1.90 bits per heavy atom. The van der Waals surface area contributed by atoms with E-state index in [2.05, 4.69) is 19.2 Å². The van der Waals surface area contributed by atoms with Crippen LogP contribution in [0.2, 0.25) is 0 Å². The molecule has 112 valence electrons. The summed E-state index contributed by atoms with van der Waals surface area (Å²) in [6, 6.07) is 7.80. The molecule has 0 heterocycles. The Bertz CT molecular complexity index is 401. The predicted octanol–water partition coefficient (Wildman–Crippen LogP) is 2.32. The van der Waals surface area contributed by atoms with Crippen LogP contribution in [0.4, 0.5) is 0 Å². The molecular weight excluding hydrogens is 254 g/mol. The van der Waals surface area contributed by atoms with E-state index >= 15 is 0 Å². The zero-order valence-corrected chi connectivity index (χ0v) is 12.6. The summed E-state index contributed by atoms with van der Waals surface area (Å²) in [5.41, 5.74) is 1.25. The van der Waals surface area contributed by atoms with Crippen LogP contribution in [0.15, 0.2) is 24.3 Å². The van der Waals surface area contributed by atoms with Crippen molar-refractivity contribution in [2.75, 3.05) is 19.8 Å². The average Bonchev–Trinajstić information content (AvgIpc) is 2.43. The molecule has 0 aliphatic rings. The van der Waals surface area contributed by atoms with E-state index in [-0.39, 0.29) is 25.0 Å². The van der Waals surface area contributed by atoms with E-state index in [1.165, 1.54) is 5.56 Å². The molecular formula is C16H25NO3. The van der Waals surface area contributed by atoms with Crippen LogP contribution < -0.4 is 10.1 Å². The molecule has 0 aliphatic heterocycles.